The Morgan fingerprint density at radius 3 is 2.56 bits per heavy atom. The van der Waals surface area contributed by atoms with E-state index in [2.05, 4.69) is 16.5 Å². The van der Waals surface area contributed by atoms with Crippen LogP contribution in [0, 0.1) is 0 Å². The molecular formula is C15H24N2S. The largest absolute Gasteiger partial charge is 0.309 e. The summed E-state index contributed by atoms with van der Waals surface area (Å²) in [4.78, 5) is 6.10. The molecule has 0 aliphatic heterocycles. The maximum absolute atomic E-state index is 4.66. The number of thiazole rings is 1. The Labute approximate surface area is 114 Å². The van der Waals surface area contributed by atoms with Crippen LogP contribution in [-0.2, 0) is 6.54 Å². The van der Waals surface area contributed by atoms with Gasteiger partial charge in [-0.25, -0.2) is 4.98 Å². The molecule has 2 saturated carbocycles. The van der Waals surface area contributed by atoms with E-state index in [0.29, 0.717) is 0 Å². The molecular weight excluding hydrogens is 240 g/mol. The summed E-state index contributed by atoms with van der Waals surface area (Å²) >= 11 is 1.95. The fraction of sp³-hybridized carbons (Fsp3) is 0.800. The van der Waals surface area contributed by atoms with Crippen molar-refractivity contribution >= 4 is 11.3 Å². The maximum atomic E-state index is 4.66. The van der Waals surface area contributed by atoms with Gasteiger partial charge in [-0.1, -0.05) is 32.1 Å². The summed E-state index contributed by atoms with van der Waals surface area (Å²) in [7, 11) is 0. The molecule has 0 atom stereocenters. The second-order valence-electron chi connectivity index (χ2n) is 5.86. The Morgan fingerprint density at radius 1 is 1.06 bits per heavy atom. The minimum Gasteiger partial charge on any atom is -0.309 e. The molecule has 0 aromatic carbocycles. The van der Waals surface area contributed by atoms with Crippen LogP contribution < -0.4 is 5.32 Å². The summed E-state index contributed by atoms with van der Waals surface area (Å²) in [6, 6.07) is 0.769. The third-order valence-corrected chi connectivity index (χ3v) is 5.61. The molecule has 3 heteroatoms. The third kappa shape index (κ3) is 3.12. The number of aromatic nitrogens is 1. The van der Waals surface area contributed by atoms with Gasteiger partial charge in [0, 0.05) is 29.6 Å². The lowest BCUT2D eigenvalue weighted by Crippen LogP contribution is -2.24. The number of nitrogens with zero attached hydrogens (tertiary/aromatic N) is 1. The van der Waals surface area contributed by atoms with Crippen molar-refractivity contribution in [1.82, 2.24) is 10.3 Å². The summed E-state index contributed by atoms with van der Waals surface area (Å²) in [5.74, 6) is 0.768. The zero-order chi connectivity index (χ0) is 12.2. The first-order valence-corrected chi connectivity index (χ1v) is 8.41. The molecule has 1 aromatic rings. The summed E-state index contributed by atoms with van der Waals surface area (Å²) < 4.78 is 0. The molecule has 2 nitrogen and oxygen atoms in total. The highest BCUT2D eigenvalue weighted by atomic mass is 32.1. The van der Waals surface area contributed by atoms with Gasteiger partial charge in [0.15, 0.2) is 0 Å². The van der Waals surface area contributed by atoms with Crippen LogP contribution >= 0.6 is 11.3 Å². The molecule has 0 saturated heterocycles. The van der Waals surface area contributed by atoms with Crippen molar-refractivity contribution in [2.75, 3.05) is 0 Å². The summed E-state index contributed by atoms with van der Waals surface area (Å²) in [6.07, 6.45) is 14.6. The number of nitrogens with one attached hydrogen (secondary N) is 1. The quantitative estimate of drug-likeness (QED) is 0.880. The van der Waals surface area contributed by atoms with E-state index in [4.69, 9.17) is 0 Å². The molecule has 0 amide bonds. The first kappa shape index (κ1) is 12.6. The van der Waals surface area contributed by atoms with Crippen molar-refractivity contribution in [2.24, 2.45) is 0 Å². The zero-order valence-corrected chi connectivity index (χ0v) is 12.0. The maximum Gasteiger partial charge on any atom is 0.0959 e. The lowest BCUT2D eigenvalue weighted by atomic mass is 9.90. The van der Waals surface area contributed by atoms with E-state index in [1.54, 1.807) is 0 Å². The lowest BCUT2D eigenvalue weighted by molar-refractivity contribution is 0.442. The van der Waals surface area contributed by atoms with Crippen LogP contribution in [0.2, 0.25) is 0 Å². The first-order chi connectivity index (χ1) is 8.92. The first-order valence-electron chi connectivity index (χ1n) is 7.60. The van der Waals surface area contributed by atoms with Crippen LogP contribution in [0.5, 0.6) is 0 Å². The summed E-state index contributed by atoms with van der Waals surface area (Å²) in [5.41, 5.74) is 0. The van der Waals surface area contributed by atoms with E-state index in [1.165, 1.54) is 67.7 Å². The van der Waals surface area contributed by atoms with Crippen molar-refractivity contribution < 1.29 is 0 Å². The normalized spacial score (nSPS) is 22.7. The number of hydrogen-bond donors (Lipinski definition) is 1. The van der Waals surface area contributed by atoms with Crippen molar-refractivity contribution in [3.63, 3.8) is 0 Å². The Balaban J connectivity index is 1.52. The molecule has 2 fully saturated rings. The topological polar surface area (TPSA) is 24.9 Å². The van der Waals surface area contributed by atoms with Crippen LogP contribution in [0.15, 0.2) is 6.20 Å². The average Bonchev–Trinajstić information content (AvgIpc) is 3.09. The molecule has 0 radical (unpaired) electrons. The van der Waals surface area contributed by atoms with Gasteiger partial charge in [0.05, 0.1) is 5.01 Å². The van der Waals surface area contributed by atoms with Gasteiger partial charge in [-0.15, -0.1) is 11.3 Å². The van der Waals surface area contributed by atoms with Crippen molar-refractivity contribution in [2.45, 2.75) is 76.3 Å². The highest BCUT2D eigenvalue weighted by molar-refractivity contribution is 7.11. The smallest absolute Gasteiger partial charge is 0.0959 e. The van der Waals surface area contributed by atoms with Crippen molar-refractivity contribution in [3.8, 4) is 0 Å². The van der Waals surface area contributed by atoms with E-state index < -0.39 is 0 Å². The molecule has 0 bridgehead atoms. The predicted molar refractivity (Wildman–Crippen MR) is 77.0 cm³/mol. The zero-order valence-electron chi connectivity index (χ0n) is 11.2. The number of hydrogen-bond acceptors (Lipinski definition) is 3. The van der Waals surface area contributed by atoms with Gasteiger partial charge >= 0.3 is 0 Å². The SMILES string of the molecule is c1nc(C2CCCCC2)sc1CNC1CCCC1. The molecule has 3 rings (SSSR count). The van der Waals surface area contributed by atoms with Crippen molar-refractivity contribution in [3.05, 3.63) is 16.1 Å². The molecule has 18 heavy (non-hydrogen) atoms. The summed E-state index contributed by atoms with van der Waals surface area (Å²) in [6.45, 7) is 1.04. The fourth-order valence-electron chi connectivity index (χ4n) is 3.32. The third-order valence-electron chi connectivity index (χ3n) is 4.45. The van der Waals surface area contributed by atoms with Gasteiger partial charge in [-0.2, -0.15) is 0 Å². The predicted octanol–water partition coefficient (Wildman–Crippen LogP) is 4.22. The Morgan fingerprint density at radius 2 is 1.78 bits per heavy atom. The van der Waals surface area contributed by atoms with Gasteiger partial charge in [-0.05, 0) is 25.7 Å². The van der Waals surface area contributed by atoms with Crippen LogP contribution in [0.1, 0.15) is 73.6 Å². The van der Waals surface area contributed by atoms with E-state index in [0.717, 1.165) is 18.5 Å². The highest BCUT2D eigenvalue weighted by Crippen LogP contribution is 2.34. The summed E-state index contributed by atoms with van der Waals surface area (Å²) in [5, 5.41) is 5.09. The molecule has 0 spiro atoms. The van der Waals surface area contributed by atoms with E-state index in [-0.39, 0.29) is 0 Å². The number of rotatable bonds is 4. The Hall–Kier alpha value is -0.410. The molecule has 1 heterocycles. The van der Waals surface area contributed by atoms with E-state index in [1.807, 2.05) is 11.3 Å². The van der Waals surface area contributed by atoms with Gasteiger partial charge in [0.2, 0.25) is 0 Å². The average molecular weight is 264 g/mol. The fourth-order valence-corrected chi connectivity index (χ4v) is 4.35. The van der Waals surface area contributed by atoms with Crippen molar-refractivity contribution in [1.29, 1.82) is 0 Å². The molecule has 1 N–H and O–H groups in total. The minimum absolute atomic E-state index is 0.768. The second-order valence-corrected chi connectivity index (χ2v) is 7.01. The van der Waals surface area contributed by atoms with E-state index >= 15 is 0 Å². The Bertz CT molecular complexity index is 362. The minimum atomic E-state index is 0.768. The molecule has 100 valence electrons. The molecule has 2 aliphatic carbocycles. The van der Waals surface area contributed by atoms with Gasteiger partial charge in [-0.3, -0.25) is 0 Å². The monoisotopic (exact) mass is 264 g/mol. The van der Waals surface area contributed by atoms with Crippen LogP contribution in [0.4, 0.5) is 0 Å². The van der Waals surface area contributed by atoms with Gasteiger partial charge in [0.1, 0.15) is 0 Å². The standard InChI is InChI=1S/C15H24N2S/c1-2-6-12(7-3-1)15-17-11-14(18-15)10-16-13-8-4-5-9-13/h11-13,16H,1-10H2. The second kappa shape index (κ2) is 6.16. The molecule has 2 aliphatic rings. The van der Waals surface area contributed by atoms with Crippen LogP contribution in [0.3, 0.4) is 0 Å². The van der Waals surface area contributed by atoms with Gasteiger partial charge < -0.3 is 5.32 Å². The molecule has 0 unspecified atom stereocenters. The Kier molecular flexibility index (Phi) is 4.32. The van der Waals surface area contributed by atoms with Gasteiger partial charge in [0.25, 0.3) is 0 Å². The molecule has 1 aromatic heterocycles. The van der Waals surface area contributed by atoms with Crippen LogP contribution in [0.25, 0.3) is 0 Å². The highest BCUT2D eigenvalue weighted by Gasteiger charge is 2.19. The van der Waals surface area contributed by atoms with Crippen LogP contribution in [-0.4, -0.2) is 11.0 Å². The van der Waals surface area contributed by atoms with E-state index in [9.17, 15) is 0 Å². The lowest BCUT2D eigenvalue weighted by Gasteiger charge is -2.18.